The van der Waals surface area contributed by atoms with Crippen LogP contribution in [0.15, 0.2) is 247 Å². The second-order valence-electron chi connectivity index (χ2n) is 20.0. The van der Waals surface area contributed by atoms with Crippen molar-refractivity contribution in [3.63, 3.8) is 0 Å². The molecule has 5 aliphatic rings. The average molecular weight is 1010 g/mol. The Balaban J connectivity index is 0.000000145. The molecule has 1 spiro atoms. The SMILES string of the molecule is CC.CC.CC.Cc1ccc(C2=CCCC=C2)cc1.Cc1ccc2c(c1)C1(C3=C2C2=C(C=CCC2)C3)c2ccccc2-c2ccc(C)cc21.Cc1ccccc1.c1ccc(Cc2cc3ccccc3c3ccccc23)cc1. The quantitative estimate of drug-likeness (QED) is 0.155. The smallest absolute Gasteiger partial charge is 0.0692 e. The lowest BCUT2D eigenvalue weighted by Gasteiger charge is -2.33. The summed E-state index contributed by atoms with van der Waals surface area (Å²) in [4.78, 5) is 0. The van der Waals surface area contributed by atoms with Gasteiger partial charge >= 0.3 is 0 Å². The van der Waals surface area contributed by atoms with Crippen molar-refractivity contribution >= 4 is 32.7 Å². The summed E-state index contributed by atoms with van der Waals surface area (Å²) < 4.78 is 0. The van der Waals surface area contributed by atoms with E-state index in [4.69, 9.17) is 0 Å². The highest BCUT2D eigenvalue weighted by atomic mass is 14.6. The second-order valence-corrected chi connectivity index (χ2v) is 20.0. The Kier molecular flexibility index (Phi) is 18.9. The zero-order chi connectivity index (χ0) is 54.3. The van der Waals surface area contributed by atoms with Gasteiger partial charge in [-0.25, -0.2) is 0 Å². The van der Waals surface area contributed by atoms with Gasteiger partial charge < -0.3 is 0 Å². The number of fused-ring (bicyclic) bond motifs is 13. The Morgan fingerprint density at radius 1 is 0.416 bits per heavy atom. The normalized spacial score (nSPS) is 15.4. The summed E-state index contributed by atoms with van der Waals surface area (Å²) >= 11 is 0. The summed E-state index contributed by atoms with van der Waals surface area (Å²) in [6.07, 6.45) is 18.3. The second kappa shape index (κ2) is 26.3. The van der Waals surface area contributed by atoms with E-state index >= 15 is 0 Å². The molecule has 388 valence electrons. The number of allylic oxidation sites excluding steroid dienone is 10. The lowest BCUT2D eigenvalue weighted by Crippen LogP contribution is -2.27. The molecular formula is C77H80. The molecule has 5 aliphatic carbocycles. The first-order valence-corrected chi connectivity index (χ1v) is 28.7. The third-order valence-corrected chi connectivity index (χ3v) is 15.2. The van der Waals surface area contributed by atoms with E-state index in [2.05, 4.69) is 240 Å². The molecule has 1 atom stereocenters. The molecule has 1 unspecified atom stereocenters. The highest BCUT2D eigenvalue weighted by Gasteiger charge is 2.54. The molecule has 0 fully saturated rings. The number of hydrogen-bond acceptors (Lipinski definition) is 0. The minimum absolute atomic E-state index is 0.139. The fourth-order valence-electron chi connectivity index (χ4n) is 11.8. The molecule has 9 aromatic rings. The van der Waals surface area contributed by atoms with Crippen LogP contribution in [0.1, 0.15) is 135 Å². The van der Waals surface area contributed by atoms with Gasteiger partial charge in [-0.15, -0.1) is 0 Å². The fourth-order valence-corrected chi connectivity index (χ4v) is 11.8. The van der Waals surface area contributed by atoms with Gasteiger partial charge in [0.05, 0.1) is 5.41 Å². The van der Waals surface area contributed by atoms with Gasteiger partial charge in [0.1, 0.15) is 0 Å². The molecule has 0 heteroatoms. The predicted octanol–water partition coefficient (Wildman–Crippen LogP) is 21.8. The van der Waals surface area contributed by atoms with Crippen LogP contribution in [0.4, 0.5) is 0 Å². The van der Waals surface area contributed by atoms with Gasteiger partial charge in [0.25, 0.3) is 0 Å². The summed E-state index contributed by atoms with van der Waals surface area (Å²) in [6.45, 7) is 20.7. The van der Waals surface area contributed by atoms with E-state index in [0.717, 1.165) is 19.3 Å². The first-order chi connectivity index (χ1) is 37.9. The van der Waals surface area contributed by atoms with Crippen molar-refractivity contribution in [2.75, 3.05) is 0 Å². The molecule has 14 rings (SSSR count). The molecule has 0 amide bonds. The fraction of sp³-hybridized carbons (Fsp3) is 0.221. The van der Waals surface area contributed by atoms with E-state index in [0.29, 0.717) is 0 Å². The largest absolute Gasteiger partial charge is 0.0839 e. The van der Waals surface area contributed by atoms with Crippen LogP contribution in [0, 0.1) is 27.7 Å². The Labute approximate surface area is 463 Å². The minimum atomic E-state index is -0.139. The van der Waals surface area contributed by atoms with Crippen molar-refractivity contribution in [2.24, 2.45) is 0 Å². The van der Waals surface area contributed by atoms with Gasteiger partial charge in [0.15, 0.2) is 0 Å². The molecule has 9 aromatic carbocycles. The standard InChI is InChI=1S/C30H24.C21H16.C13H14.C7H8.3C2H6/c1-18-11-13-23-22-9-5-6-10-25(22)30(26(23)15-18)27-16-19(2)12-14-24(27)29-21-8-4-3-7-20(21)17-28(29)30;1-2-8-16(9-3-1)14-18-15-17-10-4-5-11-19(17)21-13-7-6-12-20(18)21;1-11-7-9-13(10-8-11)12-5-3-2-4-6-12;1-7-5-3-2-4-6-7;3*1-2/h3,5-7,9-16H,4,8,17H2,1-2H3;1-13,15H,14H2;3,5-10H,2,4H2,1H3;2-6H,1H3;3*1-2H3. The van der Waals surface area contributed by atoms with Crippen molar-refractivity contribution in [2.45, 2.75) is 113 Å². The van der Waals surface area contributed by atoms with Gasteiger partial charge in [0.2, 0.25) is 0 Å². The first-order valence-electron chi connectivity index (χ1n) is 28.7. The summed E-state index contributed by atoms with van der Waals surface area (Å²) in [5.74, 6) is 0. The predicted molar refractivity (Wildman–Crippen MR) is 338 cm³/mol. The third-order valence-electron chi connectivity index (χ3n) is 15.2. The van der Waals surface area contributed by atoms with Crippen LogP contribution in [0.2, 0.25) is 0 Å². The molecule has 0 aromatic heterocycles. The van der Waals surface area contributed by atoms with Crippen LogP contribution in [-0.4, -0.2) is 0 Å². The van der Waals surface area contributed by atoms with Crippen molar-refractivity contribution in [1.29, 1.82) is 0 Å². The number of benzene rings is 9. The van der Waals surface area contributed by atoms with Crippen molar-refractivity contribution < 1.29 is 0 Å². The van der Waals surface area contributed by atoms with E-state index in [9.17, 15) is 0 Å². The highest BCUT2D eigenvalue weighted by molar-refractivity contribution is 6.09. The number of hydrogen-bond donors (Lipinski definition) is 0. The van der Waals surface area contributed by atoms with Gasteiger partial charge in [-0.3, -0.25) is 0 Å². The molecule has 0 saturated heterocycles. The summed E-state index contributed by atoms with van der Waals surface area (Å²) in [5, 5.41) is 5.37. The maximum absolute atomic E-state index is 2.47. The monoisotopic (exact) mass is 1000 g/mol. The Bertz CT molecular complexity index is 3590. The van der Waals surface area contributed by atoms with E-state index in [1.807, 2.05) is 59.7 Å². The highest BCUT2D eigenvalue weighted by Crippen LogP contribution is 2.66. The van der Waals surface area contributed by atoms with Crippen molar-refractivity contribution in [3.05, 3.63) is 308 Å². The Morgan fingerprint density at radius 3 is 1.62 bits per heavy atom. The van der Waals surface area contributed by atoms with Crippen LogP contribution in [0.25, 0.3) is 43.8 Å². The molecule has 0 aliphatic heterocycles. The molecule has 0 saturated carbocycles. The molecule has 0 radical (unpaired) electrons. The molecule has 0 bridgehead atoms. The first kappa shape index (κ1) is 55.4. The lowest BCUT2D eigenvalue weighted by molar-refractivity contribution is 0.742. The molecule has 0 heterocycles. The van der Waals surface area contributed by atoms with E-state index in [-0.39, 0.29) is 5.41 Å². The summed E-state index contributed by atoms with van der Waals surface area (Å²) in [7, 11) is 0. The summed E-state index contributed by atoms with van der Waals surface area (Å²) in [6, 6.07) is 72.8. The minimum Gasteiger partial charge on any atom is -0.0839 e. The van der Waals surface area contributed by atoms with E-state index in [1.54, 1.807) is 22.3 Å². The van der Waals surface area contributed by atoms with Gasteiger partial charge in [-0.1, -0.05) is 294 Å². The zero-order valence-electron chi connectivity index (χ0n) is 47.7. The van der Waals surface area contributed by atoms with Gasteiger partial charge in [0, 0.05) is 0 Å². The Morgan fingerprint density at radius 2 is 0.961 bits per heavy atom. The lowest BCUT2D eigenvalue weighted by atomic mass is 9.68. The van der Waals surface area contributed by atoms with Crippen LogP contribution < -0.4 is 0 Å². The van der Waals surface area contributed by atoms with Crippen LogP contribution >= 0.6 is 0 Å². The van der Waals surface area contributed by atoms with Crippen LogP contribution in [0.5, 0.6) is 0 Å². The zero-order valence-corrected chi connectivity index (χ0v) is 47.7. The maximum atomic E-state index is 2.47. The van der Waals surface area contributed by atoms with Crippen LogP contribution in [-0.2, 0) is 11.8 Å². The van der Waals surface area contributed by atoms with Crippen molar-refractivity contribution in [3.8, 4) is 11.1 Å². The molecular weight excluding hydrogens is 925 g/mol. The van der Waals surface area contributed by atoms with Crippen molar-refractivity contribution in [1.82, 2.24) is 0 Å². The summed E-state index contributed by atoms with van der Waals surface area (Å²) in [5.41, 5.74) is 25.8. The van der Waals surface area contributed by atoms with Crippen LogP contribution in [0.3, 0.4) is 0 Å². The molecule has 0 N–H and O–H groups in total. The topological polar surface area (TPSA) is 0 Å². The van der Waals surface area contributed by atoms with Gasteiger partial charge in [-0.05, 0) is 166 Å². The molecule has 77 heavy (non-hydrogen) atoms. The van der Waals surface area contributed by atoms with Gasteiger partial charge in [-0.2, -0.15) is 0 Å². The third kappa shape index (κ3) is 11.6. The van der Waals surface area contributed by atoms with E-state index < -0.39 is 0 Å². The Hall–Kier alpha value is -7.80. The van der Waals surface area contributed by atoms with E-state index in [1.165, 1.54) is 119 Å². The average Bonchev–Trinajstić information content (AvgIpc) is 4.24. The number of rotatable bonds is 3. The number of aryl methyl sites for hydroxylation is 4. The molecule has 0 nitrogen and oxygen atoms in total. The maximum Gasteiger partial charge on any atom is 0.0692 e.